The molecule has 0 fully saturated rings. The van der Waals surface area contributed by atoms with E-state index in [1.54, 1.807) is 0 Å². The number of benzene rings is 1. The van der Waals surface area contributed by atoms with E-state index < -0.39 is 0 Å². The summed E-state index contributed by atoms with van der Waals surface area (Å²) in [6.07, 6.45) is 1.66. The topological polar surface area (TPSA) is 110 Å². The van der Waals surface area contributed by atoms with Crippen LogP contribution in [0.5, 0.6) is 0 Å². The van der Waals surface area contributed by atoms with Crippen LogP contribution in [0.4, 0.5) is 10.8 Å². The second-order valence-electron chi connectivity index (χ2n) is 6.01. The smallest absolute Gasteiger partial charge is 0.223 e. The molecular formula is C17H24N6OS. The number of carbonyl (C=O) groups excluding carboxylic acids is 1. The van der Waals surface area contributed by atoms with Crippen molar-refractivity contribution in [2.24, 2.45) is 16.5 Å². The fourth-order valence-corrected chi connectivity index (χ4v) is 3.51. The van der Waals surface area contributed by atoms with Gasteiger partial charge in [0.15, 0.2) is 11.1 Å². The highest BCUT2D eigenvalue weighted by Crippen LogP contribution is 2.25. The Morgan fingerprint density at radius 3 is 2.48 bits per heavy atom. The van der Waals surface area contributed by atoms with Crippen LogP contribution >= 0.6 is 11.3 Å². The van der Waals surface area contributed by atoms with E-state index in [0.717, 1.165) is 30.8 Å². The first-order valence-electron chi connectivity index (χ1n) is 7.93. The second kappa shape index (κ2) is 8.59. The van der Waals surface area contributed by atoms with Crippen molar-refractivity contribution in [2.45, 2.75) is 26.3 Å². The average Bonchev–Trinajstić information content (AvgIpc) is 2.86. The molecule has 0 radical (unpaired) electrons. The molecule has 1 aromatic carbocycles. The Balaban J connectivity index is 2.09. The molecule has 0 unspecified atom stereocenters. The van der Waals surface area contributed by atoms with E-state index in [9.17, 15) is 4.79 Å². The van der Waals surface area contributed by atoms with E-state index in [0.29, 0.717) is 5.13 Å². The molecule has 0 aliphatic heterocycles. The second-order valence-corrected chi connectivity index (χ2v) is 7.09. The molecule has 1 aromatic heterocycles. The molecule has 0 atom stereocenters. The van der Waals surface area contributed by atoms with Crippen LogP contribution in [0.15, 0.2) is 29.3 Å². The Hall–Kier alpha value is -2.45. The summed E-state index contributed by atoms with van der Waals surface area (Å²) in [4.78, 5) is 23.1. The lowest BCUT2D eigenvalue weighted by atomic mass is 10.1. The van der Waals surface area contributed by atoms with Gasteiger partial charge in [-0.3, -0.25) is 4.79 Å². The summed E-state index contributed by atoms with van der Waals surface area (Å²) in [5.41, 5.74) is 13.7. The van der Waals surface area contributed by atoms with E-state index in [4.69, 9.17) is 11.5 Å². The van der Waals surface area contributed by atoms with E-state index in [2.05, 4.69) is 20.2 Å². The minimum atomic E-state index is -0.105. The number of carbonyl (C=O) groups is 1. The molecule has 0 spiro atoms. The fourth-order valence-electron chi connectivity index (χ4n) is 2.34. The van der Waals surface area contributed by atoms with Gasteiger partial charge in [0, 0.05) is 18.3 Å². The number of aliphatic imine (C=N–C) groups is 1. The number of rotatable bonds is 7. The lowest BCUT2D eigenvalue weighted by Gasteiger charge is -2.09. The minimum Gasteiger partial charge on any atom is -0.370 e. The summed E-state index contributed by atoms with van der Waals surface area (Å²) in [5.74, 6) is -0.0546. The van der Waals surface area contributed by atoms with Crippen LogP contribution in [-0.4, -0.2) is 35.8 Å². The van der Waals surface area contributed by atoms with Crippen LogP contribution in [0.25, 0.3) is 0 Å². The summed E-state index contributed by atoms with van der Waals surface area (Å²) in [6.45, 7) is 2.29. The maximum atomic E-state index is 11.3. The average molecular weight is 360 g/mol. The van der Waals surface area contributed by atoms with Crippen molar-refractivity contribution in [3.05, 3.63) is 40.4 Å². The van der Waals surface area contributed by atoms with E-state index in [-0.39, 0.29) is 11.9 Å². The number of anilines is 1. The number of aromatic nitrogens is 1. The highest BCUT2D eigenvalue weighted by molar-refractivity contribution is 7.15. The summed E-state index contributed by atoms with van der Waals surface area (Å²) in [5, 5.41) is 3.43. The molecule has 1 amide bonds. The summed E-state index contributed by atoms with van der Waals surface area (Å²) < 4.78 is 0. The van der Waals surface area contributed by atoms with Crippen molar-refractivity contribution in [1.29, 1.82) is 0 Å². The van der Waals surface area contributed by atoms with Crippen LogP contribution < -0.4 is 16.8 Å². The van der Waals surface area contributed by atoms with Crippen molar-refractivity contribution in [2.75, 3.05) is 19.4 Å². The maximum Gasteiger partial charge on any atom is 0.223 e. The van der Waals surface area contributed by atoms with E-state index in [1.165, 1.54) is 28.7 Å². The first-order valence-corrected chi connectivity index (χ1v) is 8.74. The molecule has 25 heavy (non-hydrogen) atoms. The van der Waals surface area contributed by atoms with E-state index >= 15 is 0 Å². The van der Waals surface area contributed by atoms with E-state index in [1.807, 2.05) is 38.4 Å². The molecule has 5 N–H and O–H groups in total. The quantitative estimate of drug-likeness (QED) is 0.516. The fraction of sp³-hybridized carbons (Fsp3) is 0.353. The zero-order valence-corrected chi connectivity index (χ0v) is 15.6. The number of hydrogen-bond donors (Lipinski definition) is 3. The number of guanidine groups is 1. The van der Waals surface area contributed by atoms with Crippen LogP contribution in [-0.2, 0) is 24.2 Å². The Morgan fingerprint density at radius 2 is 1.92 bits per heavy atom. The van der Waals surface area contributed by atoms with Gasteiger partial charge in [-0.15, -0.1) is 11.3 Å². The largest absolute Gasteiger partial charge is 0.370 e. The molecule has 134 valence electrons. The molecule has 2 aromatic rings. The van der Waals surface area contributed by atoms with Crippen molar-refractivity contribution < 1.29 is 4.79 Å². The van der Waals surface area contributed by atoms with Gasteiger partial charge in [-0.25, -0.2) is 9.98 Å². The highest BCUT2D eigenvalue weighted by Gasteiger charge is 2.13. The summed E-state index contributed by atoms with van der Waals surface area (Å²) >= 11 is 1.53. The SMILES string of the molecule is CC(=O)Nc1nc(CCc2ccc(N=C(N)N)cc2)c(CN(C)C)s1. The number of amides is 1. The van der Waals surface area contributed by atoms with Crippen LogP contribution in [0, 0.1) is 0 Å². The molecule has 7 nitrogen and oxygen atoms in total. The Kier molecular flexibility index (Phi) is 6.49. The number of nitrogens with one attached hydrogen (secondary N) is 1. The highest BCUT2D eigenvalue weighted by atomic mass is 32.1. The predicted octanol–water partition coefficient (Wildman–Crippen LogP) is 1.85. The monoisotopic (exact) mass is 360 g/mol. The van der Waals surface area contributed by atoms with Gasteiger partial charge in [0.05, 0.1) is 11.4 Å². The lowest BCUT2D eigenvalue weighted by Crippen LogP contribution is -2.21. The van der Waals surface area contributed by atoms with Crippen molar-refractivity contribution in [1.82, 2.24) is 9.88 Å². The summed E-state index contributed by atoms with van der Waals surface area (Å²) in [6, 6.07) is 7.79. The van der Waals surface area contributed by atoms with Gasteiger partial charge in [-0.2, -0.15) is 0 Å². The normalized spacial score (nSPS) is 10.7. The molecule has 2 rings (SSSR count). The standard InChI is InChI=1S/C17H24N6OS/c1-11(24)20-17-22-14(15(25-17)10-23(2)3)9-6-12-4-7-13(8-5-12)21-16(18)19/h4-5,7-8H,6,9-10H2,1-3H3,(H4,18,19,21)(H,20,22,24). The third-order valence-corrected chi connectivity index (χ3v) is 4.36. The van der Waals surface area contributed by atoms with Crippen LogP contribution in [0.1, 0.15) is 23.1 Å². The van der Waals surface area contributed by atoms with Crippen LogP contribution in [0.3, 0.4) is 0 Å². The van der Waals surface area contributed by atoms with Crippen molar-refractivity contribution >= 4 is 34.0 Å². The Morgan fingerprint density at radius 1 is 1.24 bits per heavy atom. The summed E-state index contributed by atoms with van der Waals surface area (Å²) in [7, 11) is 4.04. The number of nitrogens with two attached hydrogens (primary N) is 2. The minimum absolute atomic E-state index is 0.0500. The number of aryl methyl sites for hydroxylation is 2. The molecule has 0 saturated heterocycles. The molecule has 0 aliphatic rings. The molecular weight excluding hydrogens is 336 g/mol. The molecule has 8 heteroatoms. The zero-order chi connectivity index (χ0) is 18.4. The number of thiazole rings is 1. The molecule has 1 heterocycles. The van der Waals surface area contributed by atoms with Crippen molar-refractivity contribution in [3.8, 4) is 0 Å². The van der Waals surface area contributed by atoms with Gasteiger partial charge in [-0.1, -0.05) is 12.1 Å². The molecule has 0 saturated carbocycles. The van der Waals surface area contributed by atoms with Gasteiger partial charge in [0.25, 0.3) is 0 Å². The third kappa shape index (κ3) is 6.17. The zero-order valence-electron chi connectivity index (χ0n) is 14.7. The maximum absolute atomic E-state index is 11.3. The Bertz CT molecular complexity index is 747. The van der Waals surface area contributed by atoms with Gasteiger partial charge >= 0.3 is 0 Å². The first-order chi connectivity index (χ1) is 11.8. The molecule has 0 aliphatic carbocycles. The van der Waals surface area contributed by atoms with Crippen molar-refractivity contribution in [3.63, 3.8) is 0 Å². The van der Waals surface area contributed by atoms with Gasteiger partial charge in [-0.05, 0) is 44.6 Å². The Labute approximate surface area is 151 Å². The molecule has 0 bridgehead atoms. The van der Waals surface area contributed by atoms with Gasteiger partial charge in [0.2, 0.25) is 5.91 Å². The lowest BCUT2D eigenvalue weighted by molar-refractivity contribution is -0.114. The number of nitrogens with zero attached hydrogens (tertiary/aromatic N) is 3. The third-order valence-electron chi connectivity index (χ3n) is 3.37. The number of hydrogen-bond acceptors (Lipinski definition) is 5. The van der Waals surface area contributed by atoms with Gasteiger partial charge in [0.1, 0.15) is 0 Å². The van der Waals surface area contributed by atoms with Gasteiger partial charge < -0.3 is 21.7 Å². The predicted molar refractivity (Wildman–Crippen MR) is 103 cm³/mol. The van der Waals surface area contributed by atoms with Crippen LogP contribution in [0.2, 0.25) is 0 Å². The first kappa shape index (κ1) is 18.9.